The molecule has 18 heavy (non-hydrogen) atoms. The van der Waals surface area contributed by atoms with E-state index in [9.17, 15) is 5.11 Å². The van der Waals surface area contributed by atoms with Crippen LogP contribution < -0.4 is 0 Å². The molecule has 1 aromatic rings. The summed E-state index contributed by atoms with van der Waals surface area (Å²) >= 11 is 0. The SMILES string of the molecule is CCOC(C(C)C)C(O)Cc1ncnn1C(C)C. The van der Waals surface area contributed by atoms with Crippen molar-refractivity contribution >= 4 is 0 Å². The van der Waals surface area contributed by atoms with E-state index in [0.29, 0.717) is 13.0 Å². The number of hydrogen-bond donors (Lipinski definition) is 1. The van der Waals surface area contributed by atoms with Gasteiger partial charge in [-0.05, 0) is 26.7 Å². The molecule has 1 N–H and O–H groups in total. The van der Waals surface area contributed by atoms with Crippen LogP contribution in [0.3, 0.4) is 0 Å². The van der Waals surface area contributed by atoms with Gasteiger partial charge in [-0.3, -0.25) is 0 Å². The molecule has 0 fully saturated rings. The predicted molar refractivity (Wildman–Crippen MR) is 70.4 cm³/mol. The van der Waals surface area contributed by atoms with E-state index in [0.717, 1.165) is 5.82 Å². The van der Waals surface area contributed by atoms with E-state index in [1.165, 1.54) is 6.33 Å². The summed E-state index contributed by atoms with van der Waals surface area (Å²) in [6, 6.07) is 0.249. The van der Waals surface area contributed by atoms with Crippen molar-refractivity contribution in [3.05, 3.63) is 12.2 Å². The van der Waals surface area contributed by atoms with Crippen LogP contribution in [0.2, 0.25) is 0 Å². The molecule has 0 saturated heterocycles. The highest BCUT2D eigenvalue weighted by atomic mass is 16.5. The van der Waals surface area contributed by atoms with Crippen molar-refractivity contribution in [2.75, 3.05) is 6.61 Å². The molecule has 1 aromatic heterocycles. The second kappa shape index (κ2) is 6.85. The predicted octanol–water partition coefficient (Wildman–Crippen LogP) is 1.82. The number of aliphatic hydroxyl groups excluding tert-OH is 1. The molecule has 0 aliphatic heterocycles. The van der Waals surface area contributed by atoms with Crippen LogP contribution in [0.25, 0.3) is 0 Å². The van der Waals surface area contributed by atoms with Gasteiger partial charge < -0.3 is 9.84 Å². The Morgan fingerprint density at radius 1 is 1.33 bits per heavy atom. The Morgan fingerprint density at radius 3 is 2.50 bits per heavy atom. The van der Waals surface area contributed by atoms with E-state index in [1.54, 1.807) is 0 Å². The number of rotatable bonds is 7. The molecule has 0 aromatic carbocycles. The largest absolute Gasteiger partial charge is 0.390 e. The second-order valence-electron chi connectivity index (χ2n) is 5.15. The zero-order valence-corrected chi connectivity index (χ0v) is 12.0. The highest BCUT2D eigenvalue weighted by Gasteiger charge is 2.25. The average Bonchev–Trinajstić information content (AvgIpc) is 2.73. The van der Waals surface area contributed by atoms with E-state index in [2.05, 4.69) is 23.9 Å². The maximum atomic E-state index is 10.3. The summed E-state index contributed by atoms with van der Waals surface area (Å²) in [7, 11) is 0. The molecule has 1 heterocycles. The van der Waals surface area contributed by atoms with Gasteiger partial charge in [0.25, 0.3) is 0 Å². The van der Waals surface area contributed by atoms with E-state index in [4.69, 9.17) is 4.74 Å². The van der Waals surface area contributed by atoms with Gasteiger partial charge in [0.15, 0.2) is 0 Å². The molecule has 0 bridgehead atoms. The Bertz CT molecular complexity index is 350. The lowest BCUT2D eigenvalue weighted by molar-refractivity contribution is -0.0572. The fourth-order valence-corrected chi connectivity index (χ4v) is 2.09. The molecule has 0 amide bonds. The summed E-state index contributed by atoms with van der Waals surface area (Å²) in [6.07, 6.45) is 1.30. The summed E-state index contributed by atoms with van der Waals surface area (Å²) in [5.74, 6) is 1.08. The lowest BCUT2D eigenvalue weighted by atomic mass is 9.99. The third kappa shape index (κ3) is 3.78. The fraction of sp³-hybridized carbons (Fsp3) is 0.846. The Morgan fingerprint density at radius 2 is 2.00 bits per heavy atom. The van der Waals surface area contributed by atoms with Crippen molar-refractivity contribution in [1.29, 1.82) is 0 Å². The van der Waals surface area contributed by atoms with E-state index >= 15 is 0 Å². The van der Waals surface area contributed by atoms with Gasteiger partial charge >= 0.3 is 0 Å². The molecule has 0 spiro atoms. The van der Waals surface area contributed by atoms with Gasteiger partial charge in [0.05, 0.1) is 12.2 Å². The second-order valence-corrected chi connectivity index (χ2v) is 5.15. The minimum absolute atomic E-state index is 0.160. The van der Waals surface area contributed by atoms with Crippen molar-refractivity contribution in [2.45, 2.75) is 59.3 Å². The van der Waals surface area contributed by atoms with E-state index in [-0.39, 0.29) is 18.1 Å². The van der Waals surface area contributed by atoms with E-state index < -0.39 is 6.10 Å². The van der Waals surface area contributed by atoms with Gasteiger partial charge in [-0.1, -0.05) is 13.8 Å². The van der Waals surface area contributed by atoms with Gasteiger partial charge in [0, 0.05) is 19.1 Å². The average molecular weight is 255 g/mol. The Kier molecular flexibility index (Phi) is 5.75. The van der Waals surface area contributed by atoms with Gasteiger partial charge in [0.1, 0.15) is 12.2 Å². The van der Waals surface area contributed by atoms with Crippen LogP contribution in [-0.4, -0.2) is 38.7 Å². The maximum absolute atomic E-state index is 10.3. The monoisotopic (exact) mass is 255 g/mol. The van der Waals surface area contributed by atoms with Crippen LogP contribution in [0.5, 0.6) is 0 Å². The molecular formula is C13H25N3O2. The van der Waals surface area contributed by atoms with Crippen molar-refractivity contribution in [3.63, 3.8) is 0 Å². The first kappa shape index (κ1) is 15.1. The number of hydrogen-bond acceptors (Lipinski definition) is 4. The minimum Gasteiger partial charge on any atom is -0.390 e. The van der Waals surface area contributed by atoms with Crippen LogP contribution in [-0.2, 0) is 11.2 Å². The molecule has 0 radical (unpaired) electrons. The molecule has 104 valence electrons. The van der Waals surface area contributed by atoms with Crippen LogP contribution >= 0.6 is 0 Å². The topological polar surface area (TPSA) is 60.2 Å². The van der Waals surface area contributed by atoms with Gasteiger partial charge in [-0.15, -0.1) is 0 Å². The number of aliphatic hydroxyl groups is 1. The molecule has 0 saturated carbocycles. The van der Waals surface area contributed by atoms with Crippen LogP contribution in [0.1, 0.15) is 46.5 Å². The normalized spacial score (nSPS) is 15.3. The molecule has 2 unspecified atom stereocenters. The molecule has 5 heteroatoms. The Balaban J connectivity index is 2.72. The summed E-state index contributed by atoms with van der Waals surface area (Å²) in [5, 5.41) is 14.5. The lowest BCUT2D eigenvalue weighted by Gasteiger charge is -2.26. The minimum atomic E-state index is -0.549. The first-order chi connectivity index (χ1) is 8.47. The third-order valence-electron chi connectivity index (χ3n) is 2.92. The van der Waals surface area contributed by atoms with Crippen molar-refractivity contribution in [3.8, 4) is 0 Å². The molecule has 0 aliphatic carbocycles. The third-order valence-corrected chi connectivity index (χ3v) is 2.92. The first-order valence-electron chi connectivity index (χ1n) is 6.65. The van der Waals surface area contributed by atoms with Gasteiger partial charge in [-0.25, -0.2) is 9.67 Å². The molecule has 1 rings (SSSR count). The quantitative estimate of drug-likeness (QED) is 0.807. The Labute approximate surface area is 109 Å². The van der Waals surface area contributed by atoms with Crippen molar-refractivity contribution < 1.29 is 9.84 Å². The molecule has 5 nitrogen and oxygen atoms in total. The smallest absolute Gasteiger partial charge is 0.138 e. The highest BCUT2D eigenvalue weighted by molar-refractivity contribution is 4.91. The molecular weight excluding hydrogens is 230 g/mol. The summed E-state index contributed by atoms with van der Waals surface area (Å²) in [4.78, 5) is 4.22. The lowest BCUT2D eigenvalue weighted by Crippen LogP contribution is -2.36. The van der Waals surface area contributed by atoms with Crippen LogP contribution in [0.4, 0.5) is 0 Å². The van der Waals surface area contributed by atoms with Gasteiger partial charge in [0.2, 0.25) is 0 Å². The fourth-order valence-electron chi connectivity index (χ4n) is 2.09. The first-order valence-corrected chi connectivity index (χ1v) is 6.65. The number of aromatic nitrogens is 3. The Hall–Kier alpha value is -0.940. The summed E-state index contributed by atoms with van der Waals surface area (Å²) < 4.78 is 7.45. The standard InChI is InChI=1S/C13H25N3O2/c1-6-18-13(9(2)3)11(17)7-12-14-8-15-16(12)10(4)5/h8-11,13,17H,6-7H2,1-5H3. The van der Waals surface area contributed by atoms with Crippen molar-refractivity contribution in [2.24, 2.45) is 5.92 Å². The van der Waals surface area contributed by atoms with Gasteiger partial charge in [-0.2, -0.15) is 5.10 Å². The number of ether oxygens (including phenoxy) is 1. The summed E-state index contributed by atoms with van der Waals surface area (Å²) in [6.45, 7) is 10.8. The van der Waals surface area contributed by atoms with Crippen LogP contribution in [0.15, 0.2) is 6.33 Å². The zero-order chi connectivity index (χ0) is 13.7. The molecule has 2 atom stereocenters. The summed E-state index contributed by atoms with van der Waals surface area (Å²) in [5.41, 5.74) is 0. The highest BCUT2D eigenvalue weighted by Crippen LogP contribution is 2.16. The number of nitrogens with zero attached hydrogens (tertiary/aromatic N) is 3. The van der Waals surface area contributed by atoms with E-state index in [1.807, 2.05) is 25.5 Å². The molecule has 0 aliphatic rings. The maximum Gasteiger partial charge on any atom is 0.138 e. The van der Waals surface area contributed by atoms with Crippen LogP contribution in [0, 0.1) is 5.92 Å². The van der Waals surface area contributed by atoms with Crippen molar-refractivity contribution in [1.82, 2.24) is 14.8 Å². The zero-order valence-electron chi connectivity index (χ0n) is 12.0.